The van der Waals surface area contributed by atoms with E-state index >= 15 is 0 Å². The highest BCUT2D eigenvalue weighted by atomic mass is 79.9. The molecule has 0 radical (unpaired) electrons. The summed E-state index contributed by atoms with van der Waals surface area (Å²) in [7, 11) is 0. The van der Waals surface area contributed by atoms with Gasteiger partial charge in [-0.15, -0.1) is 0 Å². The third kappa shape index (κ3) is 3.97. The second-order valence-electron chi connectivity index (χ2n) is 3.64. The number of nitrogens with one attached hydrogen (secondary N) is 1. The topological polar surface area (TPSA) is 85.1 Å². The van der Waals surface area contributed by atoms with Crippen molar-refractivity contribution in [2.24, 2.45) is 0 Å². The molecule has 102 valence electrons. The molecule has 1 amide bonds. The SMILES string of the molecule is O=C(/C=C/c1ccc([N+](=O)[O-])cc1)Nc1ncc(Br)s1. The molecule has 0 atom stereocenters. The van der Waals surface area contributed by atoms with Crippen LogP contribution >= 0.6 is 27.3 Å². The van der Waals surface area contributed by atoms with E-state index in [1.54, 1.807) is 24.4 Å². The predicted molar refractivity (Wildman–Crippen MR) is 80.6 cm³/mol. The zero-order valence-electron chi connectivity index (χ0n) is 9.95. The zero-order valence-corrected chi connectivity index (χ0v) is 12.3. The smallest absolute Gasteiger partial charge is 0.269 e. The Balaban J connectivity index is 1.98. The summed E-state index contributed by atoms with van der Waals surface area (Å²) >= 11 is 4.56. The van der Waals surface area contributed by atoms with Crippen LogP contribution in [0.2, 0.25) is 0 Å². The lowest BCUT2D eigenvalue weighted by Crippen LogP contribution is -2.06. The first-order valence-electron chi connectivity index (χ1n) is 5.39. The monoisotopic (exact) mass is 353 g/mol. The highest BCUT2D eigenvalue weighted by Crippen LogP contribution is 2.23. The molecule has 0 aliphatic rings. The third-order valence-electron chi connectivity index (χ3n) is 2.24. The molecule has 1 heterocycles. The number of aromatic nitrogens is 1. The van der Waals surface area contributed by atoms with Crippen molar-refractivity contribution in [3.05, 3.63) is 56.0 Å². The van der Waals surface area contributed by atoms with Crippen LogP contribution in [0.4, 0.5) is 10.8 Å². The Bertz CT molecular complexity index is 667. The van der Waals surface area contributed by atoms with Gasteiger partial charge >= 0.3 is 0 Å². The van der Waals surface area contributed by atoms with Gasteiger partial charge in [0.1, 0.15) is 0 Å². The van der Waals surface area contributed by atoms with Gasteiger partial charge in [-0.05, 0) is 39.7 Å². The maximum absolute atomic E-state index is 11.6. The molecule has 0 bridgehead atoms. The normalized spacial score (nSPS) is 10.7. The Hall–Kier alpha value is -2.06. The number of hydrogen-bond acceptors (Lipinski definition) is 5. The Labute approximate surface area is 126 Å². The number of carbonyl (C=O) groups is 1. The van der Waals surface area contributed by atoms with Crippen molar-refractivity contribution in [1.29, 1.82) is 0 Å². The largest absolute Gasteiger partial charge is 0.298 e. The molecule has 0 aliphatic heterocycles. The van der Waals surface area contributed by atoms with Crippen LogP contribution in [0.3, 0.4) is 0 Å². The standard InChI is InChI=1S/C12H8BrN3O3S/c13-10-7-14-12(20-10)15-11(17)6-3-8-1-4-9(5-2-8)16(18)19/h1-7H,(H,14,15,17)/b6-3+. The third-order valence-corrected chi connectivity index (χ3v) is 3.63. The molecule has 2 rings (SSSR count). The van der Waals surface area contributed by atoms with E-state index in [0.29, 0.717) is 10.7 Å². The van der Waals surface area contributed by atoms with Gasteiger partial charge in [-0.1, -0.05) is 11.3 Å². The van der Waals surface area contributed by atoms with Gasteiger partial charge in [-0.3, -0.25) is 20.2 Å². The lowest BCUT2D eigenvalue weighted by atomic mass is 10.2. The van der Waals surface area contributed by atoms with Crippen molar-refractivity contribution < 1.29 is 9.72 Å². The number of anilines is 1. The van der Waals surface area contributed by atoms with Crippen molar-refractivity contribution in [2.45, 2.75) is 0 Å². The van der Waals surface area contributed by atoms with Crippen molar-refractivity contribution >= 4 is 50.1 Å². The molecule has 1 aromatic heterocycles. The van der Waals surface area contributed by atoms with E-state index in [0.717, 1.165) is 3.79 Å². The minimum Gasteiger partial charge on any atom is -0.298 e. The zero-order chi connectivity index (χ0) is 14.5. The van der Waals surface area contributed by atoms with E-state index in [4.69, 9.17) is 0 Å². The second-order valence-corrected chi connectivity index (χ2v) is 6.05. The van der Waals surface area contributed by atoms with Crippen LogP contribution in [-0.4, -0.2) is 15.8 Å². The molecule has 0 saturated carbocycles. The Morgan fingerprint density at radius 2 is 2.10 bits per heavy atom. The molecular formula is C12H8BrN3O3S. The van der Waals surface area contributed by atoms with Gasteiger partial charge in [-0.25, -0.2) is 4.98 Å². The lowest BCUT2D eigenvalue weighted by Gasteiger charge is -1.96. The van der Waals surface area contributed by atoms with Gasteiger partial charge in [0.15, 0.2) is 5.13 Å². The fourth-order valence-corrected chi connectivity index (χ4v) is 2.45. The van der Waals surface area contributed by atoms with Crippen LogP contribution in [0.15, 0.2) is 40.3 Å². The maximum Gasteiger partial charge on any atom is 0.269 e. The average molecular weight is 354 g/mol. The molecule has 1 aromatic carbocycles. The number of benzene rings is 1. The van der Waals surface area contributed by atoms with E-state index in [2.05, 4.69) is 26.2 Å². The number of carbonyl (C=O) groups excluding carboxylic acids is 1. The Morgan fingerprint density at radius 1 is 1.40 bits per heavy atom. The van der Waals surface area contributed by atoms with E-state index < -0.39 is 4.92 Å². The summed E-state index contributed by atoms with van der Waals surface area (Å²) < 4.78 is 0.826. The summed E-state index contributed by atoms with van der Waals surface area (Å²) in [5, 5.41) is 13.6. The Kier molecular flexibility index (Phi) is 4.59. The van der Waals surface area contributed by atoms with E-state index in [9.17, 15) is 14.9 Å². The predicted octanol–water partition coefficient (Wildman–Crippen LogP) is 3.47. The van der Waals surface area contributed by atoms with Crippen LogP contribution in [0, 0.1) is 10.1 Å². The number of amides is 1. The van der Waals surface area contributed by atoms with E-state index in [-0.39, 0.29) is 11.6 Å². The van der Waals surface area contributed by atoms with Crippen molar-refractivity contribution in [2.75, 3.05) is 5.32 Å². The summed E-state index contributed by atoms with van der Waals surface area (Å²) in [6, 6.07) is 5.91. The summed E-state index contributed by atoms with van der Waals surface area (Å²) in [5.41, 5.74) is 0.713. The fraction of sp³-hybridized carbons (Fsp3) is 0. The highest BCUT2D eigenvalue weighted by molar-refractivity contribution is 9.11. The van der Waals surface area contributed by atoms with Gasteiger partial charge in [-0.2, -0.15) is 0 Å². The number of thiazole rings is 1. The van der Waals surface area contributed by atoms with Crippen molar-refractivity contribution in [1.82, 2.24) is 4.98 Å². The molecule has 0 spiro atoms. The van der Waals surface area contributed by atoms with Crippen LogP contribution in [0.25, 0.3) is 6.08 Å². The fourth-order valence-electron chi connectivity index (χ4n) is 1.34. The summed E-state index contributed by atoms with van der Waals surface area (Å²) in [4.78, 5) is 25.6. The molecule has 1 N–H and O–H groups in total. The first kappa shape index (κ1) is 14.4. The van der Waals surface area contributed by atoms with Gasteiger partial charge in [0.05, 0.1) is 14.9 Å². The van der Waals surface area contributed by atoms with Crippen LogP contribution < -0.4 is 5.32 Å². The van der Waals surface area contributed by atoms with E-state index in [1.807, 2.05) is 0 Å². The minimum absolute atomic E-state index is 0.0132. The molecular weight excluding hydrogens is 346 g/mol. The number of nitrogens with zero attached hydrogens (tertiary/aromatic N) is 2. The second kappa shape index (κ2) is 6.40. The number of hydrogen-bond donors (Lipinski definition) is 1. The summed E-state index contributed by atoms with van der Waals surface area (Å²) in [6.07, 6.45) is 4.51. The summed E-state index contributed by atoms with van der Waals surface area (Å²) in [5.74, 6) is -0.315. The highest BCUT2D eigenvalue weighted by Gasteiger charge is 2.04. The molecule has 0 saturated heterocycles. The molecule has 20 heavy (non-hydrogen) atoms. The van der Waals surface area contributed by atoms with Crippen molar-refractivity contribution in [3.8, 4) is 0 Å². The van der Waals surface area contributed by atoms with Gasteiger partial charge in [0, 0.05) is 18.2 Å². The molecule has 6 nitrogen and oxygen atoms in total. The lowest BCUT2D eigenvalue weighted by molar-refractivity contribution is -0.384. The number of rotatable bonds is 4. The molecule has 0 aliphatic carbocycles. The minimum atomic E-state index is -0.472. The van der Waals surface area contributed by atoms with Crippen LogP contribution in [-0.2, 0) is 4.79 Å². The van der Waals surface area contributed by atoms with Crippen LogP contribution in [0.1, 0.15) is 5.56 Å². The molecule has 0 fully saturated rings. The van der Waals surface area contributed by atoms with Gasteiger partial charge < -0.3 is 0 Å². The summed E-state index contributed by atoms with van der Waals surface area (Å²) in [6.45, 7) is 0. The van der Waals surface area contributed by atoms with Crippen molar-refractivity contribution in [3.63, 3.8) is 0 Å². The maximum atomic E-state index is 11.6. The average Bonchev–Trinajstić information content (AvgIpc) is 2.82. The van der Waals surface area contributed by atoms with Gasteiger partial charge in [0.2, 0.25) is 5.91 Å². The van der Waals surface area contributed by atoms with E-state index in [1.165, 1.54) is 29.5 Å². The number of halogens is 1. The molecule has 2 aromatic rings. The molecule has 8 heteroatoms. The number of nitro benzene ring substituents is 1. The quantitative estimate of drug-likeness (QED) is 0.518. The Morgan fingerprint density at radius 3 is 2.65 bits per heavy atom. The first-order chi connectivity index (χ1) is 9.54. The first-order valence-corrected chi connectivity index (χ1v) is 7.00. The van der Waals surface area contributed by atoms with Crippen LogP contribution in [0.5, 0.6) is 0 Å². The van der Waals surface area contributed by atoms with Gasteiger partial charge in [0.25, 0.3) is 5.69 Å². The number of nitro groups is 1. The molecule has 0 unspecified atom stereocenters. The number of non-ortho nitro benzene ring substituents is 1.